The molecule has 1 saturated heterocycles. The van der Waals surface area contributed by atoms with Gasteiger partial charge in [-0.1, -0.05) is 17.7 Å². The summed E-state index contributed by atoms with van der Waals surface area (Å²) in [7, 11) is 0. The largest absolute Gasteiger partial charge is 0.396 e. The number of aryl methyl sites for hydroxylation is 1. The van der Waals surface area contributed by atoms with Crippen LogP contribution in [0, 0.1) is 6.92 Å². The maximum absolute atomic E-state index is 12.7. The first kappa shape index (κ1) is 18.1. The zero-order valence-corrected chi connectivity index (χ0v) is 15.3. The van der Waals surface area contributed by atoms with Gasteiger partial charge in [0.15, 0.2) is 0 Å². The number of carbonyl (C=O) groups is 1. The maximum Gasteiger partial charge on any atom is 0.317 e. The highest BCUT2D eigenvalue weighted by molar-refractivity contribution is 5.75. The summed E-state index contributed by atoms with van der Waals surface area (Å²) in [6, 6.07) is 9.34. The minimum absolute atomic E-state index is 0.0798. The lowest BCUT2D eigenvalue weighted by atomic mass is 10.0. The van der Waals surface area contributed by atoms with E-state index in [1.807, 2.05) is 4.90 Å². The molecule has 138 valence electrons. The molecule has 0 bridgehead atoms. The van der Waals surface area contributed by atoms with Crippen molar-refractivity contribution < 1.29 is 9.90 Å². The molecule has 1 unspecified atom stereocenters. The molecule has 0 spiro atoms. The van der Waals surface area contributed by atoms with Crippen LogP contribution < -0.4 is 10.2 Å². The van der Waals surface area contributed by atoms with Crippen molar-refractivity contribution >= 4 is 11.7 Å². The van der Waals surface area contributed by atoms with E-state index in [0.29, 0.717) is 6.04 Å². The predicted molar refractivity (Wildman–Crippen MR) is 101 cm³/mol. The van der Waals surface area contributed by atoms with Crippen LogP contribution in [-0.2, 0) is 0 Å². The summed E-state index contributed by atoms with van der Waals surface area (Å²) in [5.41, 5.74) is 2.51. The van der Waals surface area contributed by atoms with E-state index < -0.39 is 0 Å². The molecule has 1 aliphatic carbocycles. The molecule has 25 heavy (non-hydrogen) atoms. The molecule has 1 aliphatic heterocycles. The Balaban J connectivity index is 1.54. The first-order valence-corrected chi connectivity index (χ1v) is 9.67. The lowest BCUT2D eigenvalue weighted by Gasteiger charge is -2.36. The van der Waals surface area contributed by atoms with Gasteiger partial charge in [-0.15, -0.1) is 0 Å². The number of rotatable bonds is 7. The van der Waals surface area contributed by atoms with Crippen LogP contribution in [0.3, 0.4) is 0 Å². The van der Waals surface area contributed by atoms with E-state index in [4.69, 9.17) is 5.11 Å². The van der Waals surface area contributed by atoms with Crippen molar-refractivity contribution in [2.75, 3.05) is 31.1 Å². The summed E-state index contributed by atoms with van der Waals surface area (Å²) in [6.07, 6.45) is 6.02. The van der Waals surface area contributed by atoms with Crippen LogP contribution in [0.15, 0.2) is 24.3 Å². The van der Waals surface area contributed by atoms with Gasteiger partial charge in [0.05, 0.1) is 0 Å². The van der Waals surface area contributed by atoms with E-state index in [1.54, 1.807) is 0 Å². The molecule has 1 saturated carbocycles. The van der Waals surface area contributed by atoms with Gasteiger partial charge in [-0.3, -0.25) is 0 Å². The fourth-order valence-electron chi connectivity index (χ4n) is 3.57. The number of aliphatic hydroxyl groups is 1. The lowest BCUT2D eigenvalue weighted by molar-refractivity contribution is 0.185. The highest BCUT2D eigenvalue weighted by Crippen LogP contribution is 2.27. The minimum atomic E-state index is 0.0798. The van der Waals surface area contributed by atoms with E-state index >= 15 is 0 Å². The number of aliphatic hydroxyl groups excluding tert-OH is 1. The van der Waals surface area contributed by atoms with Crippen LogP contribution in [0.1, 0.15) is 44.1 Å². The van der Waals surface area contributed by atoms with Gasteiger partial charge in [-0.05, 0) is 57.6 Å². The zero-order valence-electron chi connectivity index (χ0n) is 15.3. The van der Waals surface area contributed by atoms with Crippen molar-refractivity contribution in [1.82, 2.24) is 10.2 Å². The standard InChI is InChI=1S/C20H31N3O2/c1-16-6-8-18(9-7-16)22-12-4-5-17(15-22)21-20(25)23(19-10-11-19)13-2-3-14-24/h6-9,17,19,24H,2-5,10-15H2,1H3,(H,21,25). The molecule has 0 aromatic heterocycles. The highest BCUT2D eigenvalue weighted by Gasteiger charge is 2.33. The molecule has 2 fully saturated rings. The lowest BCUT2D eigenvalue weighted by Crippen LogP contribution is -2.52. The number of hydrogen-bond acceptors (Lipinski definition) is 3. The number of piperidine rings is 1. The average Bonchev–Trinajstić information content (AvgIpc) is 3.44. The van der Waals surface area contributed by atoms with Crippen LogP contribution in [0.25, 0.3) is 0 Å². The first-order valence-electron chi connectivity index (χ1n) is 9.67. The van der Waals surface area contributed by atoms with Crippen molar-refractivity contribution in [2.24, 2.45) is 0 Å². The SMILES string of the molecule is Cc1ccc(N2CCCC(NC(=O)N(CCCCO)C3CC3)C2)cc1. The van der Waals surface area contributed by atoms with Crippen LogP contribution in [-0.4, -0.2) is 54.4 Å². The summed E-state index contributed by atoms with van der Waals surface area (Å²) in [6.45, 7) is 4.99. The fraction of sp³-hybridized carbons (Fsp3) is 0.650. The number of nitrogens with one attached hydrogen (secondary N) is 1. The van der Waals surface area contributed by atoms with Crippen LogP contribution in [0.2, 0.25) is 0 Å². The van der Waals surface area contributed by atoms with Gasteiger partial charge >= 0.3 is 6.03 Å². The number of carbonyl (C=O) groups excluding carboxylic acids is 1. The number of urea groups is 1. The molecule has 5 heteroatoms. The van der Waals surface area contributed by atoms with Gasteiger partial charge < -0.3 is 20.2 Å². The number of hydrogen-bond donors (Lipinski definition) is 2. The molecule has 0 radical (unpaired) electrons. The van der Waals surface area contributed by atoms with E-state index in [9.17, 15) is 4.79 Å². The summed E-state index contributed by atoms with van der Waals surface area (Å²) in [4.78, 5) is 17.1. The molecule has 1 aromatic carbocycles. The molecule has 2 amide bonds. The monoisotopic (exact) mass is 345 g/mol. The van der Waals surface area contributed by atoms with Crippen molar-refractivity contribution in [1.29, 1.82) is 0 Å². The summed E-state index contributed by atoms with van der Waals surface area (Å²) in [5.74, 6) is 0. The van der Waals surface area contributed by atoms with Crippen LogP contribution in [0.4, 0.5) is 10.5 Å². The van der Waals surface area contributed by atoms with Crippen LogP contribution in [0.5, 0.6) is 0 Å². The second-order valence-electron chi connectivity index (χ2n) is 7.43. The summed E-state index contributed by atoms with van der Waals surface area (Å²) >= 11 is 0. The van der Waals surface area contributed by atoms with Crippen molar-refractivity contribution in [3.63, 3.8) is 0 Å². The third-order valence-electron chi connectivity index (χ3n) is 5.20. The Kier molecular flexibility index (Phi) is 6.19. The Morgan fingerprint density at radius 3 is 2.68 bits per heavy atom. The van der Waals surface area contributed by atoms with Crippen molar-refractivity contribution in [3.8, 4) is 0 Å². The summed E-state index contributed by atoms with van der Waals surface area (Å²) < 4.78 is 0. The van der Waals surface area contributed by atoms with Gasteiger partial charge in [0, 0.05) is 44.0 Å². The summed E-state index contributed by atoms with van der Waals surface area (Å²) in [5, 5.41) is 12.2. The minimum Gasteiger partial charge on any atom is -0.396 e. The molecule has 3 rings (SSSR count). The Bertz CT molecular complexity index is 557. The maximum atomic E-state index is 12.7. The quantitative estimate of drug-likeness (QED) is 0.747. The molecule has 1 atom stereocenters. The average molecular weight is 345 g/mol. The van der Waals surface area contributed by atoms with E-state index in [1.165, 1.54) is 11.3 Å². The molecule has 5 nitrogen and oxygen atoms in total. The molecular weight excluding hydrogens is 314 g/mol. The molecule has 2 N–H and O–H groups in total. The predicted octanol–water partition coefficient (Wildman–Crippen LogP) is 2.91. The van der Waals surface area contributed by atoms with Gasteiger partial charge in [0.25, 0.3) is 0 Å². The number of amides is 2. The van der Waals surface area contributed by atoms with Gasteiger partial charge in [-0.2, -0.15) is 0 Å². The fourth-order valence-corrected chi connectivity index (χ4v) is 3.57. The molecule has 2 aliphatic rings. The van der Waals surface area contributed by atoms with Crippen molar-refractivity contribution in [2.45, 2.75) is 57.5 Å². The third-order valence-corrected chi connectivity index (χ3v) is 5.20. The van der Waals surface area contributed by atoms with Gasteiger partial charge in [0.2, 0.25) is 0 Å². The smallest absolute Gasteiger partial charge is 0.317 e. The Morgan fingerprint density at radius 1 is 1.24 bits per heavy atom. The Labute approximate surface area is 151 Å². The second-order valence-corrected chi connectivity index (χ2v) is 7.43. The van der Waals surface area contributed by atoms with E-state index in [2.05, 4.69) is 41.4 Å². The number of benzene rings is 1. The van der Waals surface area contributed by atoms with Gasteiger partial charge in [-0.25, -0.2) is 4.79 Å². The Hall–Kier alpha value is -1.75. The first-order chi connectivity index (χ1) is 12.2. The second kappa shape index (κ2) is 8.56. The third kappa shape index (κ3) is 5.11. The normalized spacial score (nSPS) is 20.4. The zero-order chi connectivity index (χ0) is 17.6. The van der Waals surface area contributed by atoms with Crippen LogP contribution >= 0.6 is 0 Å². The molecule has 1 aromatic rings. The highest BCUT2D eigenvalue weighted by atomic mass is 16.3. The van der Waals surface area contributed by atoms with E-state index in [0.717, 1.165) is 58.2 Å². The Morgan fingerprint density at radius 2 is 2.00 bits per heavy atom. The number of unbranched alkanes of at least 4 members (excludes halogenated alkanes) is 1. The number of nitrogens with zero attached hydrogens (tertiary/aromatic N) is 2. The topological polar surface area (TPSA) is 55.8 Å². The van der Waals surface area contributed by atoms with Gasteiger partial charge in [0.1, 0.15) is 0 Å². The van der Waals surface area contributed by atoms with E-state index in [-0.39, 0.29) is 18.7 Å². The number of anilines is 1. The van der Waals surface area contributed by atoms with Crippen molar-refractivity contribution in [3.05, 3.63) is 29.8 Å². The molecule has 1 heterocycles. The molecular formula is C20H31N3O2.